The van der Waals surface area contributed by atoms with Crippen LogP contribution in [0.2, 0.25) is 5.02 Å². The van der Waals surface area contributed by atoms with E-state index in [1.807, 2.05) is 0 Å². The second-order valence-electron chi connectivity index (χ2n) is 3.87. The Bertz CT molecular complexity index is 486. The number of benzene rings is 1. The zero-order chi connectivity index (χ0) is 12.6. The molecular weight excluding hydrogens is 249 g/mol. The van der Waals surface area contributed by atoms with Crippen molar-refractivity contribution in [2.75, 3.05) is 13.1 Å². The lowest BCUT2D eigenvalue weighted by Crippen LogP contribution is -2.53. The molecule has 1 aromatic rings. The summed E-state index contributed by atoms with van der Waals surface area (Å²) in [5.74, 6) is -2.68. The van der Waals surface area contributed by atoms with Gasteiger partial charge in [0.25, 0.3) is 5.91 Å². The minimum atomic E-state index is -0.939. The lowest BCUT2D eigenvalue weighted by molar-refractivity contribution is -0.146. The average molecular weight is 258 g/mol. The molecule has 1 amide bonds. The topological polar surface area (TPSA) is 57.6 Å². The van der Waals surface area contributed by atoms with Gasteiger partial charge in [0.15, 0.2) is 0 Å². The zero-order valence-corrected chi connectivity index (χ0v) is 9.45. The largest absolute Gasteiger partial charge is 0.481 e. The minimum Gasteiger partial charge on any atom is -0.481 e. The summed E-state index contributed by atoms with van der Waals surface area (Å²) >= 11 is 5.57. The van der Waals surface area contributed by atoms with Crippen molar-refractivity contribution in [2.24, 2.45) is 5.92 Å². The molecule has 4 nitrogen and oxygen atoms in total. The van der Waals surface area contributed by atoms with Crippen molar-refractivity contribution in [2.45, 2.75) is 0 Å². The van der Waals surface area contributed by atoms with Gasteiger partial charge >= 0.3 is 5.97 Å². The third-order valence-electron chi connectivity index (χ3n) is 2.68. The first kappa shape index (κ1) is 11.9. The molecule has 0 atom stereocenters. The van der Waals surface area contributed by atoms with Gasteiger partial charge in [-0.05, 0) is 18.2 Å². The smallest absolute Gasteiger partial charge is 0.310 e. The van der Waals surface area contributed by atoms with E-state index >= 15 is 0 Å². The monoisotopic (exact) mass is 257 g/mol. The van der Waals surface area contributed by atoms with Gasteiger partial charge in [-0.15, -0.1) is 0 Å². The fourth-order valence-electron chi connectivity index (χ4n) is 1.63. The summed E-state index contributed by atoms with van der Waals surface area (Å²) < 4.78 is 13.4. The normalized spacial score (nSPS) is 15.5. The van der Waals surface area contributed by atoms with Crippen LogP contribution in [0.1, 0.15) is 10.4 Å². The van der Waals surface area contributed by atoms with Gasteiger partial charge in [0.05, 0.1) is 11.5 Å². The molecule has 90 valence electrons. The number of rotatable bonds is 2. The van der Waals surface area contributed by atoms with Crippen molar-refractivity contribution in [1.29, 1.82) is 0 Å². The van der Waals surface area contributed by atoms with E-state index in [0.29, 0.717) is 0 Å². The maximum absolute atomic E-state index is 13.4. The van der Waals surface area contributed by atoms with Crippen molar-refractivity contribution < 1.29 is 19.1 Å². The highest BCUT2D eigenvalue weighted by atomic mass is 35.5. The van der Waals surface area contributed by atoms with E-state index in [1.54, 1.807) is 0 Å². The van der Waals surface area contributed by atoms with Crippen LogP contribution >= 0.6 is 11.6 Å². The summed E-state index contributed by atoms with van der Waals surface area (Å²) in [5.41, 5.74) is -0.0850. The lowest BCUT2D eigenvalue weighted by atomic mass is 9.99. The summed E-state index contributed by atoms with van der Waals surface area (Å²) in [6.45, 7) is 0.243. The molecule has 0 saturated carbocycles. The van der Waals surface area contributed by atoms with E-state index in [9.17, 15) is 14.0 Å². The van der Waals surface area contributed by atoms with Gasteiger partial charge in [0.2, 0.25) is 0 Å². The number of hydrogen-bond acceptors (Lipinski definition) is 2. The van der Waals surface area contributed by atoms with Crippen LogP contribution in [-0.4, -0.2) is 35.0 Å². The number of carbonyl (C=O) groups excluding carboxylic acids is 1. The molecule has 1 aromatic carbocycles. The summed E-state index contributed by atoms with van der Waals surface area (Å²) in [4.78, 5) is 23.6. The Balaban J connectivity index is 2.09. The van der Waals surface area contributed by atoms with Crippen LogP contribution in [0.5, 0.6) is 0 Å². The SMILES string of the molecule is O=C(O)C1CN(C(=O)c2ccc(Cl)cc2F)C1. The van der Waals surface area contributed by atoms with Gasteiger partial charge in [-0.1, -0.05) is 11.6 Å². The first-order valence-corrected chi connectivity index (χ1v) is 5.34. The predicted molar refractivity (Wildman–Crippen MR) is 58.4 cm³/mol. The third-order valence-corrected chi connectivity index (χ3v) is 2.91. The Labute approximate surface area is 102 Å². The van der Waals surface area contributed by atoms with Crippen LogP contribution in [0, 0.1) is 11.7 Å². The highest BCUT2D eigenvalue weighted by molar-refractivity contribution is 6.30. The molecule has 2 rings (SSSR count). The summed E-state index contributed by atoms with van der Waals surface area (Å²) in [5, 5.41) is 8.88. The van der Waals surface area contributed by atoms with Gasteiger partial charge in [-0.2, -0.15) is 0 Å². The molecule has 1 aliphatic rings. The average Bonchev–Trinajstić information content (AvgIpc) is 2.13. The molecule has 1 fully saturated rings. The van der Waals surface area contributed by atoms with Crippen molar-refractivity contribution in [1.82, 2.24) is 4.90 Å². The third kappa shape index (κ3) is 2.24. The molecule has 1 heterocycles. The first-order chi connectivity index (χ1) is 7.99. The molecule has 0 spiro atoms. The number of hydrogen-bond donors (Lipinski definition) is 1. The van der Waals surface area contributed by atoms with E-state index < -0.39 is 23.6 Å². The molecule has 6 heteroatoms. The number of aliphatic carboxylic acids is 1. The Morgan fingerprint density at radius 2 is 2.06 bits per heavy atom. The second kappa shape index (κ2) is 4.33. The zero-order valence-electron chi connectivity index (χ0n) is 8.69. The molecule has 0 bridgehead atoms. The van der Waals surface area contributed by atoms with Crippen LogP contribution in [0.4, 0.5) is 4.39 Å². The van der Waals surface area contributed by atoms with E-state index in [4.69, 9.17) is 16.7 Å². The van der Waals surface area contributed by atoms with Gasteiger partial charge in [0, 0.05) is 18.1 Å². The number of likely N-dealkylation sites (tertiary alicyclic amines) is 1. The lowest BCUT2D eigenvalue weighted by Gasteiger charge is -2.36. The van der Waals surface area contributed by atoms with Crippen LogP contribution < -0.4 is 0 Å². The van der Waals surface area contributed by atoms with Crippen LogP contribution in [-0.2, 0) is 4.79 Å². The van der Waals surface area contributed by atoms with E-state index in [-0.39, 0.29) is 23.7 Å². The summed E-state index contributed by atoms with van der Waals surface area (Å²) in [6, 6.07) is 3.78. The van der Waals surface area contributed by atoms with Crippen molar-refractivity contribution in [3.8, 4) is 0 Å². The van der Waals surface area contributed by atoms with E-state index in [0.717, 1.165) is 6.07 Å². The molecule has 0 aromatic heterocycles. The number of nitrogens with zero attached hydrogens (tertiary/aromatic N) is 1. The molecule has 0 aliphatic carbocycles. The standard InChI is InChI=1S/C11H9ClFNO3/c12-7-1-2-8(9(13)3-7)10(15)14-4-6(5-14)11(16)17/h1-3,6H,4-5H2,(H,16,17). The van der Waals surface area contributed by atoms with Crippen molar-refractivity contribution in [3.05, 3.63) is 34.6 Å². The quantitative estimate of drug-likeness (QED) is 0.876. The first-order valence-electron chi connectivity index (χ1n) is 4.96. The Morgan fingerprint density at radius 1 is 1.41 bits per heavy atom. The Morgan fingerprint density at radius 3 is 2.59 bits per heavy atom. The fraction of sp³-hybridized carbons (Fsp3) is 0.273. The van der Waals surface area contributed by atoms with Crippen LogP contribution in [0.3, 0.4) is 0 Å². The Hall–Kier alpha value is -1.62. The van der Waals surface area contributed by atoms with Crippen LogP contribution in [0.25, 0.3) is 0 Å². The van der Waals surface area contributed by atoms with Gasteiger partial charge in [-0.3, -0.25) is 9.59 Å². The number of halogens is 2. The summed E-state index contributed by atoms with van der Waals surface area (Å²) in [6.07, 6.45) is 0. The fourth-order valence-corrected chi connectivity index (χ4v) is 1.79. The molecular formula is C11H9ClFNO3. The van der Waals surface area contributed by atoms with E-state index in [2.05, 4.69) is 0 Å². The number of carboxylic acid groups (broad SMARTS) is 1. The van der Waals surface area contributed by atoms with Crippen LogP contribution in [0.15, 0.2) is 18.2 Å². The van der Waals surface area contributed by atoms with Crippen molar-refractivity contribution in [3.63, 3.8) is 0 Å². The molecule has 1 saturated heterocycles. The Kier molecular flexibility index (Phi) is 3.02. The maximum Gasteiger partial charge on any atom is 0.310 e. The molecule has 17 heavy (non-hydrogen) atoms. The van der Waals surface area contributed by atoms with Gasteiger partial charge < -0.3 is 10.0 Å². The van der Waals surface area contributed by atoms with E-state index in [1.165, 1.54) is 17.0 Å². The highest BCUT2D eigenvalue weighted by Gasteiger charge is 2.36. The molecule has 0 radical (unpaired) electrons. The molecule has 1 aliphatic heterocycles. The predicted octanol–water partition coefficient (Wildman–Crippen LogP) is 1.64. The maximum atomic E-state index is 13.4. The van der Waals surface area contributed by atoms with Crippen molar-refractivity contribution >= 4 is 23.5 Å². The van der Waals surface area contributed by atoms with Gasteiger partial charge in [-0.25, -0.2) is 4.39 Å². The number of carbonyl (C=O) groups is 2. The molecule has 0 unspecified atom stereocenters. The second-order valence-corrected chi connectivity index (χ2v) is 4.31. The number of amides is 1. The number of carboxylic acids is 1. The molecule has 1 N–H and O–H groups in total. The highest BCUT2D eigenvalue weighted by Crippen LogP contribution is 2.21. The minimum absolute atomic E-state index is 0.0850. The van der Waals surface area contributed by atoms with Gasteiger partial charge in [0.1, 0.15) is 5.82 Å². The summed E-state index contributed by atoms with van der Waals surface area (Å²) in [7, 11) is 0.